The number of aliphatic imine (C=N–C) groups is 1. The molecule has 0 amide bonds. The first kappa shape index (κ1) is 21.2. The molecule has 136 valence electrons. The zero-order valence-corrected chi connectivity index (χ0v) is 17.1. The van der Waals surface area contributed by atoms with Crippen molar-refractivity contribution in [2.45, 2.75) is 19.9 Å². The summed E-state index contributed by atoms with van der Waals surface area (Å²) in [5.74, 6) is 1.39. The van der Waals surface area contributed by atoms with E-state index in [2.05, 4.69) is 15.6 Å². The molecule has 4 nitrogen and oxygen atoms in total. The molecule has 0 unspecified atom stereocenters. The summed E-state index contributed by atoms with van der Waals surface area (Å²) in [5, 5.41) is 6.54. The highest BCUT2D eigenvalue weighted by atomic mass is 127. The number of hydrogen-bond donors (Lipinski definition) is 2. The highest BCUT2D eigenvalue weighted by Gasteiger charge is 2.02. The summed E-state index contributed by atoms with van der Waals surface area (Å²) in [7, 11) is 3.40. The van der Waals surface area contributed by atoms with Crippen molar-refractivity contribution in [2.75, 3.05) is 20.7 Å². The van der Waals surface area contributed by atoms with Gasteiger partial charge in [-0.2, -0.15) is 0 Å². The number of aryl methyl sites for hydroxylation is 1. The zero-order chi connectivity index (χ0) is 17.4. The van der Waals surface area contributed by atoms with Crippen LogP contribution in [0.1, 0.15) is 16.7 Å². The van der Waals surface area contributed by atoms with Crippen molar-refractivity contribution >= 4 is 29.9 Å². The standard InChI is InChI=1S/C19H24FN3O.HI/c1-14-12-17(20)7-6-16(14)10-11-22-19(21-2)23-13-15-4-8-18(24-3)9-5-15;/h4-9,12H,10-11,13H2,1-3H3,(H2,21,22,23);1H. The summed E-state index contributed by atoms with van der Waals surface area (Å²) in [6.07, 6.45) is 0.815. The fourth-order valence-electron chi connectivity index (χ4n) is 2.41. The molecular formula is C19H25FIN3O. The van der Waals surface area contributed by atoms with Gasteiger partial charge < -0.3 is 15.4 Å². The van der Waals surface area contributed by atoms with Crippen LogP contribution in [0.4, 0.5) is 4.39 Å². The number of halogens is 2. The average Bonchev–Trinajstić information content (AvgIpc) is 2.60. The van der Waals surface area contributed by atoms with Gasteiger partial charge in [0.05, 0.1) is 7.11 Å². The van der Waals surface area contributed by atoms with Crippen LogP contribution in [-0.4, -0.2) is 26.7 Å². The first-order valence-electron chi connectivity index (χ1n) is 7.95. The third-order valence-corrected chi connectivity index (χ3v) is 3.83. The summed E-state index contributed by atoms with van der Waals surface area (Å²) >= 11 is 0. The number of methoxy groups -OCH3 is 1. The summed E-state index contributed by atoms with van der Waals surface area (Å²) in [6, 6.07) is 12.8. The number of ether oxygens (including phenoxy) is 1. The number of rotatable bonds is 6. The quantitative estimate of drug-likeness (QED) is 0.396. The molecule has 0 fully saturated rings. The van der Waals surface area contributed by atoms with E-state index in [1.54, 1.807) is 20.2 Å². The van der Waals surface area contributed by atoms with Gasteiger partial charge in [-0.1, -0.05) is 18.2 Å². The largest absolute Gasteiger partial charge is 0.497 e. The second-order valence-electron chi connectivity index (χ2n) is 5.52. The first-order chi connectivity index (χ1) is 11.6. The van der Waals surface area contributed by atoms with Crippen LogP contribution in [0.3, 0.4) is 0 Å². The molecule has 6 heteroatoms. The highest BCUT2D eigenvalue weighted by molar-refractivity contribution is 14.0. The van der Waals surface area contributed by atoms with Crippen LogP contribution in [0.2, 0.25) is 0 Å². The van der Waals surface area contributed by atoms with Crippen molar-refractivity contribution in [2.24, 2.45) is 4.99 Å². The van der Waals surface area contributed by atoms with Gasteiger partial charge in [-0.25, -0.2) is 4.39 Å². The third kappa shape index (κ3) is 6.89. The molecule has 0 aromatic heterocycles. The molecule has 0 radical (unpaired) electrons. The minimum atomic E-state index is -0.193. The number of nitrogens with one attached hydrogen (secondary N) is 2. The van der Waals surface area contributed by atoms with Crippen LogP contribution in [0, 0.1) is 12.7 Å². The molecule has 0 heterocycles. The molecule has 0 aliphatic rings. The number of nitrogens with zero attached hydrogens (tertiary/aromatic N) is 1. The van der Waals surface area contributed by atoms with Gasteiger partial charge in [0.25, 0.3) is 0 Å². The molecule has 2 aromatic rings. The van der Waals surface area contributed by atoms with Crippen molar-refractivity contribution < 1.29 is 9.13 Å². The smallest absolute Gasteiger partial charge is 0.191 e. The van der Waals surface area contributed by atoms with Gasteiger partial charge in [0, 0.05) is 20.1 Å². The molecule has 2 rings (SSSR count). The fraction of sp³-hybridized carbons (Fsp3) is 0.316. The SMILES string of the molecule is CN=C(NCCc1ccc(F)cc1C)NCc1ccc(OC)cc1.I. The van der Waals surface area contributed by atoms with Gasteiger partial charge in [-0.15, -0.1) is 24.0 Å². The number of guanidine groups is 1. The molecule has 0 saturated carbocycles. The van der Waals surface area contributed by atoms with Crippen molar-refractivity contribution in [3.05, 3.63) is 65.0 Å². The van der Waals surface area contributed by atoms with E-state index in [-0.39, 0.29) is 29.8 Å². The molecule has 0 bridgehead atoms. The van der Waals surface area contributed by atoms with Gasteiger partial charge in [-0.3, -0.25) is 4.99 Å². The van der Waals surface area contributed by atoms with Crippen LogP contribution in [0.5, 0.6) is 5.75 Å². The lowest BCUT2D eigenvalue weighted by atomic mass is 10.1. The maximum absolute atomic E-state index is 13.1. The monoisotopic (exact) mass is 457 g/mol. The summed E-state index contributed by atoms with van der Waals surface area (Å²) < 4.78 is 18.3. The predicted molar refractivity (Wildman–Crippen MR) is 111 cm³/mol. The van der Waals surface area contributed by atoms with E-state index in [0.29, 0.717) is 6.54 Å². The highest BCUT2D eigenvalue weighted by Crippen LogP contribution is 2.11. The second kappa shape index (κ2) is 10.9. The number of benzene rings is 2. The van der Waals surface area contributed by atoms with E-state index in [4.69, 9.17) is 4.74 Å². The lowest BCUT2D eigenvalue weighted by Crippen LogP contribution is -2.37. The minimum absolute atomic E-state index is 0. The van der Waals surface area contributed by atoms with E-state index in [0.717, 1.165) is 41.4 Å². The number of hydrogen-bond acceptors (Lipinski definition) is 2. The minimum Gasteiger partial charge on any atom is -0.497 e. The average molecular weight is 457 g/mol. The van der Waals surface area contributed by atoms with Gasteiger partial charge in [-0.05, 0) is 54.3 Å². The Labute approximate surface area is 165 Å². The van der Waals surface area contributed by atoms with Gasteiger partial charge in [0.2, 0.25) is 0 Å². The van der Waals surface area contributed by atoms with E-state index in [1.165, 1.54) is 6.07 Å². The normalized spacial score (nSPS) is 10.8. The molecule has 0 aliphatic carbocycles. The van der Waals surface area contributed by atoms with E-state index < -0.39 is 0 Å². The maximum atomic E-state index is 13.1. The molecule has 0 spiro atoms. The molecule has 0 saturated heterocycles. The third-order valence-electron chi connectivity index (χ3n) is 3.83. The van der Waals surface area contributed by atoms with Gasteiger partial charge in [0.1, 0.15) is 11.6 Å². The lowest BCUT2D eigenvalue weighted by Gasteiger charge is -2.13. The van der Waals surface area contributed by atoms with Crippen molar-refractivity contribution in [3.8, 4) is 5.75 Å². The Bertz CT molecular complexity index is 690. The predicted octanol–water partition coefficient (Wildman–Crippen LogP) is 3.67. The van der Waals surface area contributed by atoms with Crippen molar-refractivity contribution in [3.63, 3.8) is 0 Å². The Balaban J connectivity index is 0.00000312. The van der Waals surface area contributed by atoms with Crippen LogP contribution >= 0.6 is 24.0 Å². The molecular weight excluding hydrogens is 432 g/mol. The Morgan fingerprint density at radius 3 is 2.44 bits per heavy atom. The first-order valence-corrected chi connectivity index (χ1v) is 7.95. The maximum Gasteiger partial charge on any atom is 0.191 e. The molecule has 2 N–H and O–H groups in total. The van der Waals surface area contributed by atoms with E-state index in [1.807, 2.05) is 37.3 Å². The molecule has 0 atom stereocenters. The molecule has 0 aliphatic heterocycles. The molecule has 2 aromatic carbocycles. The van der Waals surface area contributed by atoms with Crippen molar-refractivity contribution in [1.29, 1.82) is 0 Å². The van der Waals surface area contributed by atoms with Crippen LogP contribution in [0.15, 0.2) is 47.5 Å². The Morgan fingerprint density at radius 1 is 1.12 bits per heavy atom. The Morgan fingerprint density at radius 2 is 1.84 bits per heavy atom. The lowest BCUT2D eigenvalue weighted by molar-refractivity contribution is 0.414. The summed E-state index contributed by atoms with van der Waals surface area (Å²) in [4.78, 5) is 4.21. The fourth-order valence-corrected chi connectivity index (χ4v) is 2.41. The Kier molecular flexibility index (Phi) is 9.26. The summed E-state index contributed by atoms with van der Waals surface area (Å²) in [6.45, 7) is 3.34. The van der Waals surface area contributed by atoms with Gasteiger partial charge in [0.15, 0.2) is 5.96 Å². The Hall–Kier alpha value is -1.83. The molecule has 25 heavy (non-hydrogen) atoms. The van der Waals surface area contributed by atoms with Crippen molar-refractivity contribution in [1.82, 2.24) is 10.6 Å². The van der Waals surface area contributed by atoms with Crippen LogP contribution in [0.25, 0.3) is 0 Å². The second-order valence-corrected chi connectivity index (χ2v) is 5.52. The van der Waals surface area contributed by atoms with Crippen LogP contribution in [-0.2, 0) is 13.0 Å². The zero-order valence-electron chi connectivity index (χ0n) is 14.8. The van der Waals surface area contributed by atoms with E-state index in [9.17, 15) is 4.39 Å². The van der Waals surface area contributed by atoms with Crippen LogP contribution < -0.4 is 15.4 Å². The van der Waals surface area contributed by atoms with Gasteiger partial charge >= 0.3 is 0 Å². The summed E-state index contributed by atoms with van der Waals surface area (Å²) in [5.41, 5.74) is 3.25. The topological polar surface area (TPSA) is 45.7 Å². The van der Waals surface area contributed by atoms with E-state index >= 15 is 0 Å².